The van der Waals surface area contributed by atoms with Crippen LogP contribution in [0.4, 0.5) is 0 Å². The predicted molar refractivity (Wildman–Crippen MR) is 68.9 cm³/mol. The molecule has 1 unspecified atom stereocenters. The molecular weight excluding hydrogens is 238 g/mol. The van der Waals surface area contributed by atoms with Crippen LogP contribution in [0.15, 0.2) is 18.2 Å². The van der Waals surface area contributed by atoms with Crippen LogP contribution in [0.1, 0.15) is 12.0 Å². The molecule has 94 valence electrons. The minimum Gasteiger partial charge on any atom is -0.497 e. The number of halogens is 1. The number of nitrogens with one attached hydrogen (secondary N) is 1. The van der Waals surface area contributed by atoms with Gasteiger partial charge in [-0.3, -0.25) is 0 Å². The summed E-state index contributed by atoms with van der Waals surface area (Å²) in [7, 11) is 1.65. The highest BCUT2D eigenvalue weighted by molar-refractivity contribution is 6.31. The highest BCUT2D eigenvalue weighted by atomic mass is 35.5. The molecule has 0 spiro atoms. The molecule has 1 N–H and O–H groups in total. The Kier molecular flexibility index (Phi) is 4.66. The summed E-state index contributed by atoms with van der Waals surface area (Å²) < 4.78 is 10.8. The molecule has 1 saturated heterocycles. The second-order valence-electron chi connectivity index (χ2n) is 4.19. The zero-order valence-electron chi connectivity index (χ0n) is 10.0. The average Bonchev–Trinajstić information content (AvgIpc) is 2.38. The monoisotopic (exact) mass is 255 g/mol. The van der Waals surface area contributed by atoms with Crippen molar-refractivity contribution in [2.45, 2.75) is 18.9 Å². The number of methoxy groups -OCH3 is 1. The summed E-state index contributed by atoms with van der Waals surface area (Å²) in [6, 6.07) is 5.83. The summed E-state index contributed by atoms with van der Waals surface area (Å²) in [4.78, 5) is 0. The van der Waals surface area contributed by atoms with Crippen LogP contribution in [0, 0.1) is 0 Å². The number of morpholine rings is 1. The number of benzene rings is 1. The zero-order valence-corrected chi connectivity index (χ0v) is 10.8. The van der Waals surface area contributed by atoms with E-state index in [0.717, 1.165) is 48.9 Å². The Labute approximate surface area is 107 Å². The highest BCUT2D eigenvalue weighted by Crippen LogP contribution is 2.24. The van der Waals surface area contributed by atoms with Gasteiger partial charge in [0.05, 0.1) is 19.8 Å². The molecule has 1 aliphatic heterocycles. The lowest BCUT2D eigenvalue weighted by Crippen LogP contribution is -2.38. The van der Waals surface area contributed by atoms with Crippen molar-refractivity contribution in [1.29, 1.82) is 0 Å². The topological polar surface area (TPSA) is 30.5 Å². The molecule has 1 aromatic rings. The maximum absolute atomic E-state index is 6.19. The van der Waals surface area contributed by atoms with Gasteiger partial charge in [0.15, 0.2) is 0 Å². The first kappa shape index (κ1) is 12.7. The first-order chi connectivity index (χ1) is 8.29. The van der Waals surface area contributed by atoms with Gasteiger partial charge in [-0.1, -0.05) is 17.7 Å². The minimum atomic E-state index is 0.307. The quantitative estimate of drug-likeness (QED) is 0.895. The Morgan fingerprint density at radius 3 is 3.06 bits per heavy atom. The van der Waals surface area contributed by atoms with E-state index in [1.165, 1.54) is 0 Å². The van der Waals surface area contributed by atoms with Crippen LogP contribution in [-0.2, 0) is 11.2 Å². The molecule has 0 saturated carbocycles. The van der Waals surface area contributed by atoms with Crippen molar-refractivity contribution < 1.29 is 9.47 Å². The van der Waals surface area contributed by atoms with Crippen LogP contribution < -0.4 is 10.1 Å². The molecule has 1 aliphatic rings. The summed E-state index contributed by atoms with van der Waals surface area (Å²) in [5.41, 5.74) is 1.15. The van der Waals surface area contributed by atoms with Gasteiger partial charge in [0.2, 0.25) is 0 Å². The van der Waals surface area contributed by atoms with Gasteiger partial charge >= 0.3 is 0 Å². The second kappa shape index (κ2) is 6.24. The SMILES string of the molecule is COc1ccc(CCC2CNCCO2)c(Cl)c1. The van der Waals surface area contributed by atoms with E-state index < -0.39 is 0 Å². The lowest BCUT2D eigenvalue weighted by Gasteiger charge is -2.23. The molecule has 1 atom stereocenters. The second-order valence-corrected chi connectivity index (χ2v) is 4.60. The molecule has 2 rings (SSSR count). The van der Waals surface area contributed by atoms with Crippen LogP contribution in [-0.4, -0.2) is 32.9 Å². The molecule has 0 radical (unpaired) electrons. The molecule has 0 aliphatic carbocycles. The Bertz CT molecular complexity index is 364. The number of aryl methyl sites for hydroxylation is 1. The molecular formula is C13H18ClNO2. The van der Waals surface area contributed by atoms with Crippen molar-refractivity contribution in [2.24, 2.45) is 0 Å². The maximum Gasteiger partial charge on any atom is 0.120 e. The fraction of sp³-hybridized carbons (Fsp3) is 0.538. The Balaban J connectivity index is 1.89. The van der Waals surface area contributed by atoms with Gasteiger partial charge in [-0.25, -0.2) is 0 Å². The lowest BCUT2D eigenvalue weighted by atomic mass is 10.1. The van der Waals surface area contributed by atoms with Crippen molar-refractivity contribution in [1.82, 2.24) is 5.32 Å². The van der Waals surface area contributed by atoms with Gasteiger partial charge < -0.3 is 14.8 Å². The highest BCUT2D eigenvalue weighted by Gasteiger charge is 2.13. The average molecular weight is 256 g/mol. The van der Waals surface area contributed by atoms with Gasteiger partial charge in [-0.15, -0.1) is 0 Å². The third kappa shape index (κ3) is 3.60. The largest absolute Gasteiger partial charge is 0.497 e. The normalized spacial score (nSPS) is 20.2. The molecule has 17 heavy (non-hydrogen) atoms. The molecule has 0 amide bonds. The van der Waals surface area contributed by atoms with E-state index >= 15 is 0 Å². The Hall–Kier alpha value is -0.770. The summed E-state index contributed by atoms with van der Waals surface area (Å²) in [6.45, 7) is 2.70. The van der Waals surface area contributed by atoms with Crippen molar-refractivity contribution >= 4 is 11.6 Å². The molecule has 1 aromatic carbocycles. The van der Waals surface area contributed by atoms with Crippen LogP contribution in [0.2, 0.25) is 5.02 Å². The Morgan fingerprint density at radius 2 is 2.41 bits per heavy atom. The number of rotatable bonds is 4. The summed E-state index contributed by atoms with van der Waals surface area (Å²) >= 11 is 6.19. The first-order valence-corrected chi connectivity index (χ1v) is 6.32. The van der Waals surface area contributed by atoms with Crippen molar-refractivity contribution in [3.63, 3.8) is 0 Å². The van der Waals surface area contributed by atoms with Crippen LogP contribution in [0.5, 0.6) is 5.75 Å². The van der Waals surface area contributed by atoms with Gasteiger partial charge in [0.1, 0.15) is 5.75 Å². The fourth-order valence-electron chi connectivity index (χ4n) is 1.98. The number of ether oxygens (including phenoxy) is 2. The molecule has 0 aromatic heterocycles. The van der Waals surface area contributed by atoms with Crippen molar-refractivity contribution in [2.75, 3.05) is 26.8 Å². The van der Waals surface area contributed by atoms with Crippen molar-refractivity contribution in [3.8, 4) is 5.75 Å². The van der Waals surface area contributed by atoms with Crippen LogP contribution >= 0.6 is 11.6 Å². The summed E-state index contributed by atoms with van der Waals surface area (Å²) in [6.07, 6.45) is 2.25. The summed E-state index contributed by atoms with van der Waals surface area (Å²) in [5.74, 6) is 0.800. The Morgan fingerprint density at radius 1 is 1.53 bits per heavy atom. The maximum atomic E-state index is 6.19. The molecule has 0 bridgehead atoms. The third-order valence-electron chi connectivity index (χ3n) is 3.00. The molecule has 1 heterocycles. The van der Waals surface area contributed by atoms with E-state index in [1.54, 1.807) is 7.11 Å². The van der Waals surface area contributed by atoms with Crippen molar-refractivity contribution in [3.05, 3.63) is 28.8 Å². The lowest BCUT2D eigenvalue weighted by molar-refractivity contribution is 0.0238. The molecule has 1 fully saturated rings. The molecule has 3 nitrogen and oxygen atoms in total. The number of hydrogen-bond acceptors (Lipinski definition) is 3. The minimum absolute atomic E-state index is 0.307. The van der Waals surface area contributed by atoms with Gasteiger partial charge in [0, 0.05) is 18.1 Å². The van der Waals surface area contributed by atoms with Gasteiger partial charge in [-0.2, -0.15) is 0 Å². The van der Waals surface area contributed by atoms with Gasteiger partial charge in [-0.05, 0) is 30.5 Å². The first-order valence-electron chi connectivity index (χ1n) is 5.94. The zero-order chi connectivity index (χ0) is 12.1. The van der Waals surface area contributed by atoms with Gasteiger partial charge in [0.25, 0.3) is 0 Å². The standard InChI is InChI=1S/C13H18ClNO2/c1-16-11-4-2-10(13(14)8-11)3-5-12-9-15-6-7-17-12/h2,4,8,12,15H,3,5-7,9H2,1H3. The van der Waals surface area contributed by atoms with Crippen LogP contribution in [0.3, 0.4) is 0 Å². The van der Waals surface area contributed by atoms with E-state index in [-0.39, 0.29) is 0 Å². The van der Waals surface area contributed by atoms with E-state index in [1.807, 2.05) is 18.2 Å². The van der Waals surface area contributed by atoms with E-state index in [0.29, 0.717) is 6.10 Å². The number of hydrogen-bond donors (Lipinski definition) is 1. The smallest absolute Gasteiger partial charge is 0.120 e. The van der Waals surface area contributed by atoms with E-state index in [4.69, 9.17) is 21.1 Å². The third-order valence-corrected chi connectivity index (χ3v) is 3.35. The fourth-order valence-corrected chi connectivity index (χ4v) is 2.24. The summed E-state index contributed by atoms with van der Waals surface area (Å²) in [5, 5.41) is 4.10. The predicted octanol–water partition coefficient (Wildman–Crippen LogP) is 2.27. The van der Waals surface area contributed by atoms with E-state index in [9.17, 15) is 0 Å². The molecule has 4 heteroatoms. The van der Waals surface area contributed by atoms with E-state index in [2.05, 4.69) is 5.32 Å². The van der Waals surface area contributed by atoms with Crippen LogP contribution in [0.25, 0.3) is 0 Å².